The van der Waals surface area contributed by atoms with E-state index in [4.69, 9.17) is 4.74 Å². The van der Waals surface area contributed by atoms with Gasteiger partial charge in [0.05, 0.1) is 11.8 Å². The molecule has 0 amide bonds. The van der Waals surface area contributed by atoms with Gasteiger partial charge in [0, 0.05) is 11.6 Å². The lowest BCUT2D eigenvalue weighted by Gasteiger charge is -2.36. The van der Waals surface area contributed by atoms with Crippen LogP contribution in [0.3, 0.4) is 0 Å². The lowest BCUT2D eigenvalue weighted by atomic mass is 9.72. The number of benzene rings is 1. The van der Waals surface area contributed by atoms with E-state index in [9.17, 15) is 0 Å². The molecule has 2 aromatic rings. The Bertz CT molecular complexity index is 718. The van der Waals surface area contributed by atoms with Crippen LogP contribution in [0.15, 0.2) is 36.5 Å². The number of allylic oxidation sites excluding steroid dienone is 1. The van der Waals surface area contributed by atoms with Crippen molar-refractivity contribution in [2.24, 2.45) is 11.3 Å². The zero-order chi connectivity index (χ0) is 17.2. The van der Waals surface area contributed by atoms with Gasteiger partial charge in [0.2, 0.25) is 0 Å². The van der Waals surface area contributed by atoms with E-state index in [1.54, 1.807) is 0 Å². The Morgan fingerprint density at radius 1 is 1.04 bits per heavy atom. The van der Waals surface area contributed by atoms with Gasteiger partial charge >= 0.3 is 0 Å². The first kappa shape index (κ1) is 17.0. The zero-order valence-electron chi connectivity index (χ0n) is 15.4. The van der Waals surface area contributed by atoms with Crippen molar-refractivity contribution >= 4 is 16.8 Å². The van der Waals surface area contributed by atoms with Crippen molar-refractivity contribution in [1.82, 2.24) is 4.98 Å². The molecule has 1 aliphatic carbocycles. The average Bonchev–Trinajstić information content (AvgIpc) is 2.55. The van der Waals surface area contributed by atoms with Crippen molar-refractivity contribution in [3.63, 3.8) is 0 Å². The van der Waals surface area contributed by atoms with Crippen LogP contribution >= 0.6 is 0 Å². The van der Waals surface area contributed by atoms with Crippen molar-refractivity contribution in [1.29, 1.82) is 0 Å². The Labute approximate surface area is 145 Å². The summed E-state index contributed by atoms with van der Waals surface area (Å²) in [5.74, 6) is 1.80. The summed E-state index contributed by atoms with van der Waals surface area (Å²) in [6, 6.07) is 8.48. The molecule has 0 atom stereocenters. The molecule has 1 aromatic carbocycles. The first-order valence-electron chi connectivity index (χ1n) is 9.15. The molecule has 0 spiro atoms. The summed E-state index contributed by atoms with van der Waals surface area (Å²) in [5.41, 5.74) is 1.42. The summed E-state index contributed by atoms with van der Waals surface area (Å²) < 4.78 is 6.26. The van der Waals surface area contributed by atoms with Crippen LogP contribution in [0.4, 0.5) is 0 Å². The number of nitrogens with zero attached hydrogens (tertiary/aromatic N) is 1. The SMILES string of the molecule is C/C=C/c1cc2ccc(OC3CCC(C(C)(C)C)CC3)cc2cn1. The maximum Gasteiger partial charge on any atom is 0.120 e. The van der Waals surface area contributed by atoms with Crippen molar-refractivity contribution < 1.29 is 4.74 Å². The molecule has 1 aliphatic rings. The molecule has 1 fully saturated rings. The molecule has 3 rings (SSSR count). The van der Waals surface area contributed by atoms with Crippen LogP contribution in [0, 0.1) is 11.3 Å². The maximum atomic E-state index is 6.26. The molecule has 2 heteroatoms. The quantitative estimate of drug-likeness (QED) is 0.666. The number of aromatic nitrogens is 1. The Kier molecular flexibility index (Phi) is 4.93. The first-order valence-corrected chi connectivity index (χ1v) is 9.15. The zero-order valence-corrected chi connectivity index (χ0v) is 15.4. The lowest BCUT2D eigenvalue weighted by molar-refractivity contribution is 0.0883. The largest absolute Gasteiger partial charge is 0.490 e. The number of ether oxygens (including phenoxy) is 1. The third kappa shape index (κ3) is 3.98. The summed E-state index contributed by atoms with van der Waals surface area (Å²) >= 11 is 0. The second kappa shape index (κ2) is 6.96. The number of pyridine rings is 1. The van der Waals surface area contributed by atoms with Gasteiger partial charge in [-0.15, -0.1) is 0 Å². The van der Waals surface area contributed by atoms with Crippen LogP contribution in [0.2, 0.25) is 0 Å². The molecule has 1 heterocycles. The van der Waals surface area contributed by atoms with E-state index in [2.05, 4.69) is 50.0 Å². The molecule has 1 saturated carbocycles. The summed E-state index contributed by atoms with van der Waals surface area (Å²) in [6.07, 6.45) is 11.2. The minimum absolute atomic E-state index is 0.358. The van der Waals surface area contributed by atoms with Crippen molar-refractivity contribution in [3.05, 3.63) is 42.2 Å². The second-order valence-corrected chi connectivity index (χ2v) is 8.08. The summed E-state index contributed by atoms with van der Waals surface area (Å²) in [4.78, 5) is 4.48. The Hall–Kier alpha value is -1.83. The molecular weight excluding hydrogens is 294 g/mol. The van der Waals surface area contributed by atoms with Crippen LogP contribution in [0.5, 0.6) is 5.75 Å². The van der Waals surface area contributed by atoms with Crippen molar-refractivity contribution in [2.75, 3.05) is 0 Å². The highest BCUT2D eigenvalue weighted by molar-refractivity contribution is 5.84. The first-order chi connectivity index (χ1) is 11.5. The van der Waals surface area contributed by atoms with Gasteiger partial charge in [-0.2, -0.15) is 0 Å². The monoisotopic (exact) mass is 323 g/mol. The second-order valence-electron chi connectivity index (χ2n) is 8.08. The van der Waals surface area contributed by atoms with Crippen molar-refractivity contribution in [2.45, 2.75) is 59.5 Å². The van der Waals surface area contributed by atoms with Crippen LogP contribution in [-0.2, 0) is 0 Å². The smallest absolute Gasteiger partial charge is 0.120 e. The molecule has 1 aromatic heterocycles. The molecular formula is C22H29NO. The van der Waals surface area contributed by atoms with Gasteiger partial charge in [-0.1, -0.05) is 32.9 Å². The van der Waals surface area contributed by atoms with Gasteiger partial charge in [0.15, 0.2) is 0 Å². The van der Waals surface area contributed by atoms with Crippen LogP contribution in [-0.4, -0.2) is 11.1 Å². The average molecular weight is 323 g/mol. The van der Waals surface area contributed by atoms with E-state index in [1.165, 1.54) is 31.1 Å². The molecule has 0 N–H and O–H groups in total. The van der Waals surface area contributed by atoms with Gasteiger partial charge in [0.1, 0.15) is 5.75 Å². The lowest BCUT2D eigenvalue weighted by Crippen LogP contribution is -2.30. The van der Waals surface area contributed by atoms with E-state index < -0.39 is 0 Å². The number of rotatable bonds is 3. The number of fused-ring (bicyclic) bond motifs is 1. The van der Waals surface area contributed by atoms with Gasteiger partial charge in [-0.05, 0) is 73.6 Å². The molecule has 0 bridgehead atoms. The molecule has 2 nitrogen and oxygen atoms in total. The fourth-order valence-corrected chi connectivity index (χ4v) is 3.71. The molecule has 0 radical (unpaired) electrons. The Morgan fingerprint density at radius 3 is 2.46 bits per heavy atom. The van der Waals surface area contributed by atoms with E-state index in [1.807, 2.05) is 25.3 Å². The highest BCUT2D eigenvalue weighted by Crippen LogP contribution is 2.38. The molecule has 0 saturated heterocycles. The van der Waals surface area contributed by atoms with Crippen molar-refractivity contribution in [3.8, 4) is 5.75 Å². The molecule has 0 unspecified atom stereocenters. The van der Waals surface area contributed by atoms with Gasteiger partial charge in [-0.3, -0.25) is 4.98 Å². The van der Waals surface area contributed by atoms with Crippen LogP contribution in [0.25, 0.3) is 16.8 Å². The minimum Gasteiger partial charge on any atom is -0.490 e. The fourth-order valence-electron chi connectivity index (χ4n) is 3.71. The summed E-state index contributed by atoms with van der Waals surface area (Å²) in [5, 5.41) is 2.35. The third-order valence-electron chi connectivity index (χ3n) is 5.25. The number of hydrogen-bond acceptors (Lipinski definition) is 2. The fraction of sp³-hybridized carbons (Fsp3) is 0.500. The molecule has 0 aliphatic heterocycles. The molecule has 128 valence electrons. The Morgan fingerprint density at radius 2 is 1.79 bits per heavy atom. The molecule has 24 heavy (non-hydrogen) atoms. The Balaban J connectivity index is 1.67. The van der Waals surface area contributed by atoms with Crippen LogP contribution in [0.1, 0.15) is 59.1 Å². The topological polar surface area (TPSA) is 22.1 Å². The summed E-state index contributed by atoms with van der Waals surface area (Å²) in [6.45, 7) is 9.09. The predicted molar refractivity (Wildman–Crippen MR) is 102 cm³/mol. The highest BCUT2D eigenvalue weighted by Gasteiger charge is 2.30. The maximum absolute atomic E-state index is 6.26. The van der Waals surface area contributed by atoms with Gasteiger partial charge < -0.3 is 4.74 Å². The van der Waals surface area contributed by atoms with E-state index in [-0.39, 0.29) is 0 Å². The standard InChI is InChI=1S/C22H29NO/c1-5-6-19-13-16-7-10-21(14-17(16)15-23-19)24-20-11-8-18(9-12-20)22(2,3)4/h5-7,10,13-15,18,20H,8-9,11-12H2,1-4H3/b6-5+. The van der Waals surface area contributed by atoms with Gasteiger partial charge in [-0.25, -0.2) is 0 Å². The predicted octanol–water partition coefficient (Wildman–Crippen LogP) is 6.25. The van der Waals surface area contributed by atoms with E-state index in [0.29, 0.717) is 11.5 Å². The van der Waals surface area contributed by atoms with E-state index in [0.717, 1.165) is 22.7 Å². The minimum atomic E-state index is 0.358. The highest BCUT2D eigenvalue weighted by atomic mass is 16.5. The van der Waals surface area contributed by atoms with Gasteiger partial charge in [0.25, 0.3) is 0 Å². The van der Waals surface area contributed by atoms with E-state index >= 15 is 0 Å². The van der Waals surface area contributed by atoms with Crippen LogP contribution < -0.4 is 4.74 Å². The summed E-state index contributed by atoms with van der Waals surface area (Å²) in [7, 11) is 0. The normalized spacial score (nSPS) is 22.2. The number of hydrogen-bond donors (Lipinski definition) is 0. The third-order valence-corrected chi connectivity index (χ3v) is 5.25.